The Morgan fingerprint density at radius 1 is 1.40 bits per heavy atom. The predicted molar refractivity (Wildman–Crippen MR) is 77.4 cm³/mol. The molecule has 5 heteroatoms. The Hall–Kier alpha value is -2.17. The van der Waals surface area contributed by atoms with Crippen LogP contribution in [0.5, 0.6) is 0 Å². The second kappa shape index (κ2) is 6.84. The van der Waals surface area contributed by atoms with Crippen LogP contribution in [0.4, 0.5) is 0 Å². The van der Waals surface area contributed by atoms with Gasteiger partial charge in [-0.15, -0.1) is 0 Å². The number of hydrogen-bond acceptors (Lipinski definition) is 3. The number of carbonyl (C=O) groups excluding carboxylic acids is 1. The van der Waals surface area contributed by atoms with Crippen molar-refractivity contribution in [3.05, 3.63) is 35.7 Å². The van der Waals surface area contributed by atoms with Gasteiger partial charge in [-0.05, 0) is 38.0 Å². The van der Waals surface area contributed by atoms with Crippen molar-refractivity contribution in [1.82, 2.24) is 10.3 Å². The summed E-state index contributed by atoms with van der Waals surface area (Å²) in [7, 11) is 0. The van der Waals surface area contributed by atoms with Crippen LogP contribution >= 0.6 is 0 Å². The van der Waals surface area contributed by atoms with Crippen molar-refractivity contribution in [1.29, 1.82) is 0 Å². The highest BCUT2D eigenvalue weighted by atomic mass is 16.4. The van der Waals surface area contributed by atoms with E-state index in [1.807, 2.05) is 13.8 Å². The summed E-state index contributed by atoms with van der Waals surface area (Å²) >= 11 is 0. The molecule has 1 rings (SSSR count). The SMILES string of the molecule is CCCC(C)(C)NC(=O)c1ccc(/C=C/C(=O)O)cn1. The zero-order valence-electron chi connectivity index (χ0n) is 12.0. The van der Waals surface area contributed by atoms with Gasteiger partial charge in [0.05, 0.1) is 0 Å². The number of nitrogens with one attached hydrogen (secondary N) is 1. The van der Waals surface area contributed by atoms with Gasteiger partial charge in [-0.1, -0.05) is 19.4 Å². The van der Waals surface area contributed by atoms with Crippen LogP contribution in [0.2, 0.25) is 0 Å². The Labute approximate surface area is 118 Å². The third kappa shape index (κ3) is 5.22. The van der Waals surface area contributed by atoms with E-state index in [0.29, 0.717) is 11.3 Å². The molecule has 0 aliphatic carbocycles. The number of rotatable bonds is 6. The first-order valence-electron chi connectivity index (χ1n) is 6.53. The van der Waals surface area contributed by atoms with Gasteiger partial charge in [0, 0.05) is 17.8 Å². The average molecular weight is 276 g/mol. The molecule has 0 bridgehead atoms. The summed E-state index contributed by atoms with van der Waals surface area (Å²) in [5, 5.41) is 11.5. The third-order valence-electron chi connectivity index (χ3n) is 2.76. The van der Waals surface area contributed by atoms with Crippen LogP contribution in [0.3, 0.4) is 0 Å². The van der Waals surface area contributed by atoms with Gasteiger partial charge in [0.1, 0.15) is 5.69 Å². The highest BCUT2D eigenvalue weighted by molar-refractivity contribution is 5.93. The standard InChI is InChI=1S/C15H20N2O3/c1-4-9-15(2,3)17-14(20)12-7-5-11(10-16-12)6-8-13(18)19/h5-8,10H,4,9H2,1-3H3,(H,17,20)(H,18,19)/b8-6+. The van der Waals surface area contributed by atoms with Crippen molar-refractivity contribution >= 4 is 18.0 Å². The van der Waals surface area contributed by atoms with E-state index in [0.717, 1.165) is 18.9 Å². The molecule has 1 aromatic heterocycles. The summed E-state index contributed by atoms with van der Waals surface area (Å²) in [4.78, 5) is 26.5. The first-order valence-corrected chi connectivity index (χ1v) is 6.53. The van der Waals surface area contributed by atoms with Crippen molar-refractivity contribution in [3.63, 3.8) is 0 Å². The maximum absolute atomic E-state index is 12.0. The lowest BCUT2D eigenvalue weighted by Crippen LogP contribution is -2.43. The van der Waals surface area contributed by atoms with Crippen LogP contribution in [0, 0.1) is 0 Å². The molecule has 20 heavy (non-hydrogen) atoms. The number of nitrogens with zero attached hydrogens (tertiary/aromatic N) is 1. The van der Waals surface area contributed by atoms with Crippen molar-refractivity contribution in [2.24, 2.45) is 0 Å². The van der Waals surface area contributed by atoms with Gasteiger partial charge < -0.3 is 10.4 Å². The molecular formula is C15H20N2O3. The predicted octanol–water partition coefficient (Wildman–Crippen LogP) is 2.49. The second-order valence-corrected chi connectivity index (χ2v) is 5.24. The molecule has 1 heterocycles. The van der Waals surface area contributed by atoms with E-state index in [-0.39, 0.29) is 11.4 Å². The first-order chi connectivity index (χ1) is 9.34. The first kappa shape index (κ1) is 15.9. The number of amides is 1. The minimum absolute atomic E-state index is 0.225. The molecule has 5 nitrogen and oxygen atoms in total. The van der Waals surface area contributed by atoms with E-state index in [9.17, 15) is 9.59 Å². The second-order valence-electron chi connectivity index (χ2n) is 5.24. The number of aliphatic carboxylic acids is 1. The van der Waals surface area contributed by atoms with Crippen molar-refractivity contribution in [3.8, 4) is 0 Å². The Kier molecular flexibility index (Phi) is 5.43. The van der Waals surface area contributed by atoms with E-state index < -0.39 is 5.97 Å². The lowest BCUT2D eigenvalue weighted by atomic mass is 9.99. The summed E-state index contributed by atoms with van der Waals surface area (Å²) in [6.45, 7) is 6.01. The average Bonchev–Trinajstić information content (AvgIpc) is 2.36. The molecule has 0 radical (unpaired) electrons. The van der Waals surface area contributed by atoms with Gasteiger partial charge in [-0.25, -0.2) is 4.79 Å². The minimum Gasteiger partial charge on any atom is -0.478 e. The maximum Gasteiger partial charge on any atom is 0.328 e. The Morgan fingerprint density at radius 3 is 2.60 bits per heavy atom. The monoisotopic (exact) mass is 276 g/mol. The molecule has 0 saturated carbocycles. The van der Waals surface area contributed by atoms with Crippen LogP contribution < -0.4 is 5.32 Å². The van der Waals surface area contributed by atoms with E-state index in [1.54, 1.807) is 12.1 Å². The summed E-state index contributed by atoms with van der Waals surface area (Å²) in [5.74, 6) is -1.25. The molecular weight excluding hydrogens is 256 g/mol. The summed E-state index contributed by atoms with van der Waals surface area (Å²) < 4.78 is 0. The highest BCUT2D eigenvalue weighted by Crippen LogP contribution is 2.12. The maximum atomic E-state index is 12.0. The van der Waals surface area contributed by atoms with E-state index in [2.05, 4.69) is 17.2 Å². The summed E-state index contributed by atoms with van der Waals surface area (Å²) in [6, 6.07) is 3.24. The third-order valence-corrected chi connectivity index (χ3v) is 2.76. The lowest BCUT2D eigenvalue weighted by Gasteiger charge is -2.25. The van der Waals surface area contributed by atoms with Crippen LogP contribution in [0.1, 0.15) is 49.7 Å². The fourth-order valence-corrected chi connectivity index (χ4v) is 1.86. The zero-order valence-corrected chi connectivity index (χ0v) is 12.0. The molecule has 2 N–H and O–H groups in total. The molecule has 0 aromatic carbocycles. The molecule has 1 aromatic rings. The van der Waals surface area contributed by atoms with Crippen molar-refractivity contribution in [2.45, 2.75) is 39.2 Å². The van der Waals surface area contributed by atoms with Crippen molar-refractivity contribution in [2.75, 3.05) is 0 Å². The Balaban J connectivity index is 2.73. The van der Waals surface area contributed by atoms with E-state index >= 15 is 0 Å². The Bertz CT molecular complexity index is 504. The number of pyridine rings is 1. The van der Waals surface area contributed by atoms with Gasteiger partial charge in [0.15, 0.2) is 0 Å². The van der Waals surface area contributed by atoms with Gasteiger partial charge in [0.25, 0.3) is 5.91 Å². The molecule has 0 aliphatic heterocycles. The van der Waals surface area contributed by atoms with Crippen LogP contribution in [-0.2, 0) is 4.79 Å². The fraction of sp³-hybridized carbons (Fsp3) is 0.400. The molecule has 0 unspecified atom stereocenters. The van der Waals surface area contributed by atoms with Crippen LogP contribution in [0.25, 0.3) is 6.08 Å². The normalized spacial score (nSPS) is 11.6. The smallest absolute Gasteiger partial charge is 0.328 e. The van der Waals surface area contributed by atoms with Gasteiger partial charge in [0.2, 0.25) is 0 Å². The lowest BCUT2D eigenvalue weighted by molar-refractivity contribution is -0.131. The number of carbonyl (C=O) groups is 2. The number of aromatic nitrogens is 1. The van der Waals surface area contributed by atoms with Gasteiger partial charge >= 0.3 is 5.97 Å². The summed E-state index contributed by atoms with van der Waals surface area (Å²) in [6.07, 6.45) is 5.80. The molecule has 0 atom stereocenters. The number of hydrogen-bond donors (Lipinski definition) is 2. The van der Waals surface area contributed by atoms with Gasteiger partial charge in [-0.2, -0.15) is 0 Å². The molecule has 108 valence electrons. The van der Waals surface area contributed by atoms with Crippen molar-refractivity contribution < 1.29 is 14.7 Å². The molecule has 0 fully saturated rings. The quantitative estimate of drug-likeness (QED) is 0.782. The number of carboxylic acids is 1. The van der Waals surface area contributed by atoms with Crippen LogP contribution in [-0.4, -0.2) is 27.5 Å². The highest BCUT2D eigenvalue weighted by Gasteiger charge is 2.20. The fourth-order valence-electron chi connectivity index (χ4n) is 1.86. The molecule has 1 amide bonds. The topological polar surface area (TPSA) is 79.3 Å². The van der Waals surface area contributed by atoms with Gasteiger partial charge in [-0.3, -0.25) is 9.78 Å². The molecule has 0 saturated heterocycles. The summed E-state index contributed by atoms with van der Waals surface area (Å²) in [5.41, 5.74) is 0.688. The molecule has 0 spiro atoms. The number of carboxylic acid groups (broad SMARTS) is 1. The Morgan fingerprint density at radius 2 is 2.10 bits per heavy atom. The van der Waals surface area contributed by atoms with E-state index in [1.165, 1.54) is 12.3 Å². The zero-order chi connectivity index (χ0) is 15.2. The molecule has 0 aliphatic rings. The van der Waals surface area contributed by atoms with E-state index in [4.69, 9.17) is 5.11 Å². The largest absolute Gasteiger partial charge is 0.478 e. The minimum atomic E-state index is -1.02. The van der Waals surface area contributed by atoms with Crippen LogP contribution in [0.15, 0.2) is 24.4 Å².